The van der Waals surface area contributed by atoms with Crippen LogP contribution in [0.25, 0.3) is 0 Å². The van der Waals surface area contributed by atoms with Gasteiger partial charge in [-0.3, -0.25) is 4.79 Å². The van der Waals surface area contributed by atoms with Crippen LogP contribution in [0.2, 0.25) is 0 Å². The summed E-state index contributed by atoms with van der Waals surface area (Å²) in [6.07, 6.45) is 2.32. The number of amides is 1. The smallest absolute Gasteiger partial charge is 0.243 e. The van der Waals surface area contributed by atoms with E-state index in [0.29, 0.717) is 37.6 Å². The summed E-state index contributed by atoms with van der Waals surface area (Å²) in [6, 6.07) is 4.62. The number of methoxy groups -OCH3 is 1. The Bertz CT molecular complexity index is 779. The minimum absolute atomic E-state index is 0.0770. The molecular weight excluding hydrogens is 354 g/mol. The molecule has 1 aromatic rings. The molecule has 8 heteroatoms. The maximum Gasteiger partial charge on any atom is 0.243 e. The molecule has 0 saturated carbocycles. The fourth-order valence-corrected chi connectivity index (χ4v) is 5.52. The van der Waals surface area contributed by atoms with Gasteiger partial charge < -0.3 is 15.4 Å². The number of nitrogens with two attached hydrogens (primary N) is 1. The minimum Gasteiger partial charge on any atom is -0.383 e. The van der Waals surface area contributed by atoms with Crippen LogP contribution in [0.1, 0.15) is 30.9 Å². The number of nitrogens with zero attached hydrogens (tertiary/aromatic N) is 2. The number of ether oxygens (including phenoxy) is 1. The van der Waals surface area contributed by atoms with Gasteiger partial charge in [0.1, 0.15) is 0 Å². The molecule has 2 aliphatic heterocycles. The third-order valence-corrected chi connectivity index (χ3v) is 7.13. The molecule has 2 atom stereocenters. The van der Waals surface area contributed by atoms with E-state index in [1.807, 2.05) is 6.07 Å². The maximum absolute atomic E-state index is 13.1. The second-order valence-electron chi connectivity index (χ2n) is 7.10. The molecule has 2 unspecified atom stereocenters. The van der Waals surface area contributed by atoms with E-state index in [2.05, 4.69) is 0 Å². The second-order valence-corrected chi connectivity index (χ2v) is 8.99. The van der Waals surface area contributed by atoms with Gasteiger partial charge in [-0.25, -0.2) is 8.42 Å². The highest BCUT2D eigenvalue weighted by Gasteiger charge is 2.35. The lowest BCUT2D eigenvalue weighted by Gasteiger charge is -2.31. The highest BCUT2D eigenvalue weighted by atomic mass is 32.2. The van der Waals surface area contributed by atoms with Crippen molar-refractivity contribution in [1.29, 1.82) is 0 Å². The van der Waals surface area contributed by atoms with Crippen LogP contribution < -0.4 is 5.73 Å². The zero-order valence-corrected chi connectivity index (χ0v) is 16.2. The molecule has 0 aromatic heterocycles. The summed E-state index contributed by atoms with van der Waals surface area (Å²) in [5, 5.41) is 0. The quantitative estimate of drug-likeness (QED) is 0.811. The number of hydrogen-bond donors (Lipinski definition) is 1. The van der Waals surface area contributed by atoms with Crippen molar-refractivity contribution in [3.05, 3.63) is 29.3 Å². The van der Waals surface area contributed by atoms with Gasteiger partial charge in [0.25, 0.3) is 0 Å². The molecular formula is C18H27N3O4S. The van der Waals surface area contributed by atoms with E-state index in [-0.39, 0.29) is 11.9 Å². The molecule has 0 radical (unpaired) electrons. The Kier molecular flexibility index (Phi) is 5.67. The minimum atomic E-state index is -3.53. The topological polar surface area (TPSA) is 92.9 Å². The number of rotatable bonds is 5. The van der Waals surface area contributed by atoms with Crippen LogP contribution in [0, 0.1) is 0 Å². The zero-order valence-electron chi connectivity index (χ0n) is 15.3. The molecule has 0 aliphatic carbocycles. The molecule has 2 aliphatic rings. The molecule has 1 aromatic carbocycles. The number of carbonyl (C=O) groups excluding carboxylic acids is 1. The summed E-state index contributed by atoms with van der Waals surface area (Å²) >= 11 is 0. The summed E-state index contributed by atoms with van der Waals surface area (Å²) in [6.45, 7) is 3.67. The molecule has 0 bridgehead atoms. The summed E-state index contributed by atoms with van der Waals surface area (Å²) in [5.41, 5.74) is 7.66. The van der Waals surface area contributed by atoms with Gasteiger partial charge in [-0.15, -0.1) is 0 Å². The van der Waals surface area contributed by atoms with E-state index in [1.54, 1.807) is 35.4 Å². The maximum atomic E-state index is 13.1. The standard InChI is InChI=1S/C18H27N3O4S/c1-13(19)18(22)20-9-7-14-10-17(6-5-15(14)11-20)26(23,24)21-8-3-4-16(21)12-25-2/h5-6,10,13,16H,3-4,7-9,11-12,19H2,1-2H3. The van der Waals surface area contributed by atoms with Gasteiger partial charge in [0.15, 0.2) is 0 Å². The van der Waals surface area contributed by atoms with Gasteiger partial charge >= 0.3 is 0 Å². The van der Waals surface area contributed by atoms with E-state index >= 15 is 0 Å². The van der Waals surface area contributed by atoms with E-state index in [9.17, 15) is 13.2 Å². The fraction of sp³-hybridized carbons (Fsp3) is 0.611. The molecule has 2 heterocycles. The predicted octanol–water partition coefficient (Wildman–Crippen LogP) is 0.718. The number of carbonyl (C=O) groups is 1. The van der Waals surface area contributed by atoms with Crippen molar-refractivity contribution in [2.24, 2.45) is 5.73 Å². The second kappa shape index (κ2) is 7.64. The lowest BCUT2D eigenvalue weighted by atomic mass is 9.99. The van der Waals surface area contributed by atoms with Gasteiger partial charge in [-0.2, -0.15) is 4.31 Å². The first-order valence-electron chi connectivity index (χ1n) is 9.01. The van der Waals surface area contributed by atoms with Crippen LogP contribution >= 0.6 is 0 Å². The third kappa shape index (κ3) is 3.64. The van der Waals surface area contributed by atoms with Gasteiger partial charge in [-0.05, 0) is 49.4 Å². The Hall–Kier alpha value is -1.48. The summed E-state index contributed by atoms with van der Waals surface area (Å²) in [7, 11) is -1.94. The Balaban J connectivity index is 1.82. The van der Waals surface area contributed by atoms with Crippen LogP contribution in [-0.4, -0.2) is 62.4 Å². The fourth-order valence-electron chi connectivity index (χ4n) is 3.79. The first-order chi connectivity index (χ1) is 12.3. The largest absolute Gasteiger partial charge is 0.383 e. The van der Waals surface area contributed by atoms with Crippen molar-refractivity contribution in [3.63, 3.8) is 0 Å². The van der Waals surface area contributed by atoms with Crippen molar-refractivity contribution in [2.75, 3.05) is 26.8 Å². The first-order valence-corrected chi connectivity index (χ1v) is 10.5. The number of sulfonamides is 1. The van der Waals surface area contributed by atoms with Crippen molar-refractivity contribution >= 4 is 15.9 Å². The predicted molar refractivity (Wildman–Crippen MR) is 98.0 cm³/mol. The Morgan fingerprint density at radius 2 is 2.12 bits per heavy atom. The molecule has 3 rings (SSSR count). The molecule has 26 heavy (non-hydrogen) atoms. The normalized spacial score (nSPS) is 22.3. The molecule has 1 fully saturated rings. The first kappa shape index (κ1) is 19.3. The van der Waals surface area contributed by atoms with Crippen molar-refractivity contribution in [2.45, 2.75) is 49.7 Å². The Morgan fingerprint density at radius 3 is 2.81 bits per heavy atom. The average molecular weight is 381 g/mol. The van der Waals surface area contributed by atoms with E-state index < -0.39 is 16.1 Å². The SMILES string of the molecule is COCC1CCCN1S(=O)(=O)c1ccc2c(c1)CCN(C(=O)C(C)N)C2. The highest BCUT2D eigenvalue weighted by molar-refractivity contribution is 7.89. The number of benzene rings is 1. The van der Waals surface area contributed by atoms with E-state index in [0.717, 1.165) is 24.0 Å². The lowest BCUT2D eigenvalue weighted by Crippen LogP contribution is -2.44. The Morgan fingerprint density at radius 1 is 1.35 bits per heavy atom. The lowest BCUT2D eigenvalue weighted by molar-refractivity contribution is -0.133. The van der Waals surface area contributed by atoms with Gasteiger partial charge in [-0.1, -0.05) is 6.07 Å². The van der Waals surface area contributed by atoms with Crippen LogP contribution in [-0.2, 0) is 32.5 Å². The molecule has 1 amide bonds. The van der Waals surface area contributed by atoms with Gasteiger partial charge in [0.2, 0.25) is 15.9 Å². The van der Waals surface area contributed by atoms with Crippen LogP contribution in [0.3, 0.4) is 0 Å². The molecule has 144 valence electrons. The van der Waals surface area contributed by atoms with E-state index in [4.69, 9.17) is 10.5 Å². The molecule has 0 spiro atoms. The van der Waals surface area contributed by atoms with Gasteiger partial charge in [0, 0.05) is 32.8 Å². The van der Waals surface area contributed by atoms with Crippen LogP contribution in [0.5, 0.6) is 0 Å². The summed E-state index contributed by atoms with van der Waals surface area (Å²) in [5.74, 6) is -0.0770. The Labute approximate surface area is 155 Å². The van der Waals surface area contributed by atoms with Crippen molar-refractivity contribution in [1.82, 2.24) is 9.21 Å². The molecule has 2 N–H and O–H groups in total. The number of hydrogen-bond acceptors (Lipinski definition) is 5. The summed E-state index contributed by atoms with van der Waals surface area (Å²) < 4.78 is 32.9. The molecule has 7 nitrogen and oxygen atoms in total. The highest BCUT2D eigenvalue weighted by Crippen LogP contribution is 2.29. The van der Waals surface area contributed by atoms with E-state index in [1.165, 1.54) is 0 Å². The third-order valence-electron chi connectivity index (χ3n) is 5.18. The van der Waals surface area contributed by atoms with Crippen LogP contribution in [0.4, 0.5) is 0 Å². The number of fused-ring (bicyclic) bond motifs is 1. The summed E-state index contributed by atoms with van der Waals surface area (Å²) in [4.78, 5) is 14.1. The monoisotopic (exact) mass is 381 g/mol. The van der Waals surface area contributed by atoms with Crippen molar-refractivity contribution in [3.8, 4) is 0 Å². The van der Waals surface area contributed by atoms with Gasteiger partial charge in [0.05, 0.1) is 17.5 Å². The zero-order chi connectivity index (χ0) is 18.9. The van der Waals surface area contributed by atoms with Crippen molar-refractivity contribution < 1.29 is 17.9 Å². The molecule has 1 saturated heterocycles. The van der Waals surface area contributed by atoms with Crippen LogP contribution in [0.15, 0.2) is 23.1 Å². The average Bonchev–Trinajstić information content (AvgIpc) is 3.09.